The lowest BCUT2D eigenvalue weighted by Gasteiger charge is -2.05. The highest BCUT2D eigenvalue weighted by Gasteiger charge is 2.08. The Labute approximate surface area is 152 Å². The van der Waals surface area contributed by atoms with E-state index in [4.69, 9.17) is 11.6 Å². The number of hydrogen-bond acceptors (Lipinski definition) is 3. The van der Waals surface area contributed by atoms with Gasteiger partial charge in [0, 0.05) is 10.7 Å². The van der Waals surface area contributed by atoms with E-state index in [1.807, 2.05) is 24.3 Å². The zero-order valence-electron chi connectivity index (χ0n) is 14.1. The number of hydrazone groups is 1. The molecule has 0 saturated carbocycles. The normalized spacial score (nSPS) is 10.9. The second kappa shape index (κ2) is 8.99. The molecule has 0 aliphatic heterocycles. The number of benzene rings is 2. The first-order valence-electron chi connectivity index (χ1n) is 7.91. The van der Waals surface area contributed by atoms with Gasteiger partial charge in [0.25, 0.3) is 0 Å². The van der Waals surface area contributed by atoms with Gasteiger partial charge in [-0.1, -0.05) is 49.7 Å². The van der Waals surface area contributed by atoms with Crippen LogP contribution < -0.4 is 10.7 Å². The lowest BCUT2D eigenvalue weighted by Crippen LogP contribution is -2.24. The largest absolute Gasteiger partial charge is 0.326 e. The number of carbonyl (C=O) groups is 2. The average Bonchev–Trinajstić information content (AvgIpc) is 2.57. The van der Waals surface area contributed by atoms with Gasteiger partial charge in [0.15, 0.2) is 0 Å². The number of rotatable bonds is 6. The molecule has 2 N–H and O–H groups in total. The Kier molecular flexibility index (Phi) is 6.71. The number of nitrogens with zero attached hydrogens (tertiary/aromatic N) is 1. The molecule has 2 aromatic carbocycles. The number of carbonyl (C=O) groups excluding carboxylic acids is 2. The van der Waals surface area contributed by atoms with Crippen LogP contribution in [0.3, 0.4) is 0 Å². The van der Waals surface area contributed by atoms with Crippen molar-refractivity contribution < 1.29 is 9.59 Å². The van der Waals surface area contributed by atoms with Gasteiger partial charge in [0.05, 0.1) is 6.21 Å². The summed E-state index contributed by atoms with van der Waals surface area (Å²) in [4.78, 5) is 23.5. The highest BCUT2D eigenvalue weighted by atomic mass is 35.5. The van der Waals surface area contributed by atoms with Crippen molar-refractivity contribution in [1.82, 2.24) is 5.43 Å². The number of amides is 2. The van der Waals surface area contributed by atoms with E-state index in [0.29, 0.717) is 16.6 Å². The summed E-state index contributed by atoms with van der Waals surface area (Å²) in [5, 5.41) is 7.06. The molecule has 0 aromatic heterocycles. The van der Waals surface area contributed by atoms with Crippen molar-refractivity contribution in [2.45, 2.75) is 26.2 Å². The predicted octanol–water partition coefficient (Wildman–Crippen LogP) is 3.94. The van der Waals surface area contributed by atoms with E-state index in [1.54, 1.807) is 30.5 Å². The molecule has 2 rings (SSSR count). The molecular weight excluding hydrogens is 338 g/mol. The summed E-state index contributed by atoms with van der Waals surface area (Å²) in [5.41, 5.74) is 5.03. The Morgan fingerprint density at radius 1 is 1.04 bits per heavy atom. The maximum atomic E-state index is 11.8. The second-order valence-electron chi connectivity index (χ2n) is 5.85. The molecular formula is C19H20ClN3O2. The third-order valence-corrected chi connectivity index (χ3v) is 3.71. The predicted molar refractivity (Wildman–Crippen MR) is 101 cm³/mol. The van der Waals surface area contributed by atoms with Gasteiger partial charge in [-0.2, -0.15) is 5.10 Å². The van der Waals surface area contributed by atoms with Crippen LogP contribution in [0.2, 0.25) is 5.02 Å². The van der Waals surface area contributed by atoms with Crippen LogP contribution >= 0.6 is 11.6 Å². The standard InChI is InChI=1S/C19H20ClN3O2/c1-13(2)15-5-3-14(4-6-15)12-21-23-19(25)11-18(24)22-17-9-7-16(20)8-10-17/h3-10,12-13H,11H2,1-2H3,(H,22,24)(H,23,25). The van der Waals surface area contributed by atoms with E-state index >= 15 is 0 Å². The molecule has 6 heteroatoms. The summed E-state index contributed by atoms with van der Waals surface area (Å²) in [6.07, 6.45) is 1.23. The van der Waals surface area contributed by atoms with Crippen LogP contribution in [-0.4, -0.2) is 18.0 Å². The van der Waals surface area contributed by atoms with Crippen LogP contribution in [0.15, 0.2) is 53.6 Å². The van der Waals surface area contributed by atoms with Gasteiger partial charge in [0.2, 0.25) is 11.8 Å². The van der Waals surface area contributed by atoms with Crippen molar-refractivity contribution in [2.75, 3.05) is 5.32 Å². The van der Waals surface area contributed by atoms with Crippen LogP contribution in [0.5, 0.6) is 0 Å². The Morgan fingerprint density at radius 2 is 1.68 bits per heavy atom. The van der Waals surface area contributed by atoms with Crippen molar-refractivity contribution in [1.29, 1.82) is 0 Å². The minimum absolute atomic E-state index is 0.313. The van der Waals surface area contributed by atoms with Crippen LogP contribution in [0.1, 0.15) is 37.3 Å². The molecule has 0 bridgehead atoms. The van der Waals surface area contributed by atoms with Gasteiger partial charge in [-0.25, -0.2) is 5.43 Å². The molecule has 0 unspecified atom stereocenters. The number of anilines is 1. The fourth-order valence-corrected chi connectivity index (χ4v) is 2.20. The fraction of sp³-hybridized carbons (Fsp3) is 0.211. The molecule has 0 aliphatic rings. The summed E-state index contributed by atoms with van der Waals surface area (Å²) in [5.74, 6) is -0.442. The van der Waals surface area contributed by atoms with E-state index in [0.717, 1.165) is 5.56 Å². The quantitative estimate of drug-likeness (QED) is 0.467. The summed E-state index contributed by atoms with van der Waals surface area (Å²) in [6.45, 7) is 4.25. The van der Waals surface area contributed by atoms with E-state index < -0.39 is 11.8 Å². The number of halogens is 1. The zero-order valence-corrected chi connectivity index (χ0v) is 14.9. The van der Waals surface area contributed by atoms with Gasteiger partial charge in [-0.3, -0.25) is 9.59 Å². The monoisotopic (exact) mass is 357 g/mol. The van der Waals surface area contributed by atoms with Crippen molar-refractivity contribution in [3.63, 3.8) is 0 Å². The first kappa shape index (κ1) is 18.7. The van der Waals surface area contributed by atoms with Crippen molar-refractivity contribution in [2.24, 2.45) is 5.10 Å². The smallest absolute Gasteiger partial charge is 0.249 e. The Hall–Kier alpha value is -2.66. The van der Waals surface area contributed by atoms with Gasteiger partial charge >= 0.3 is 0 Å². The maximum absolute atomic E-state index is 11.8. The summed E-state index contributed by atoms with van der Waals surface area (Å²) in [7, 11) is 0. The summed E-state index contributed by atoms with van der Waals surface area (Å²) >= 11 is 5.77. The minimum atomic E-state index is -0.485. The van der Waals surface area contributed by atoms with E-state index in [2.05, 4.69) is 29.7 Å². The lowest BCUT2D eigenvalue weighted by atomic mass is 10.0. The van der Waals surface area contributed by atoms with E-state index in [1.165, 1.54) is 5.56 Å². The number of hydrogen-bond donors (Lipinski definition) is 2. The first-order valence-corrected chi connectivity index (χ1v) is 8.29. The summed E-state index contributed by atoms with van der Waals surface area (Å²) in [6, 6.07) is 14.5. The highest BCUT2D eigenvalue weighted by molar-refractivity contribution is 6.30. The van der Waals surface area contributed by atoms with Crippen LogP contribution in [0, 0.1) is 0 Å². The minimum Gasteiger partial charge on any atom is -0.326 e. The molecule has 0 heterocycles. The molecule has 5 nitrogen and oxygen atoms in total. The van der Waals surface area contributed by atoms with Gasteiger partial charge in [-0.15, -0.1) is 0 Å². The fourth-order valence-electron chi connectivity index (χ4n) is 2.07. The molecule has 25 heavy (non-hydrogen) atoms. The Balaban J connectivity index is 1.79. The molecule has 0 radical (unpaired) electrons. The van der Waals surface area contributed by atoms with Crippen LogP contribution in [0.25, 0.3) is 0 Å². The van der Waals surface area contributed by atoms with Gasteiger partial charge < -0.3 is 5.32 Å². The second-order valence-corrected chi connectivity index (χ2v) is 6.28. The molecule has 130 valence electrons. The van der Waals surface area contributed by atoms with E-state index in [9.17, 15) is 9.59 Å². The van der Waals surface area contributed by atoms with Crippen molar-refractivity contribution in [3.8, 4) is 0 Å². The first-order chi connectivity index (χ1) is 11.9. The van der Waals surface area contributed by atoms with Crippen LogP contribution in [0.4, 0.5) is 5.69 Å². The zero-order chi connectivity index (χ0) is 18.2. The molecule has 0 fully saturated rings. The SMILES string of the molecule is CC(C)c1ccc(C=NNC(=O)CC(=O)Nc2ccc(Cl)cc2)cc1. The summed E-state index contributed by atoms with van der Waals surface area (Å²) < 4.78 is 0. The molecule has 2 amide bonds. The molecule has 0 aliphatic carbocycles. The third-order valence-electron chi connectivity index (χ3n) is 3.46. The van der Waals surface area contributed by atoms with Gasteiger partial charge in [-0.05, 0) is 41.3 Å². The highest BCUT2D eigenvalue weighted by Crippen LogP contribution is 2.14. The number of nitrogens with one attached hydrogen (secondary N) is 2. The Bertz CT molecular complexity index is 753. The topological polar surface area (TPSA) is 70.6 Å². The Morgan fingerprint density at radius 3 is 2.28 bits per heavy atom. The average molecular weight is 358 g/mol. The van der Waals surface area contributed by atoms with Crippen molar-refractivity contribution in [3.05, 3.63) is 64.7 Å². The molecule has 2 aromatic rings. The van der Waals surface area contributed by atoms with Gasteiger partial charge in [0.1, 0.15) is 6.42 Å². The molecule has 0 saturated heterocycles. The lowest BCUT2D eigenvalue weighted by molar-refractivity contribution is -0.126. The third kappa shape index (κ3) is 6.39. The van der Waals surface area contributed by atoms with E-state index in [-0.39, 0.29) is 6.42 Å². The van der Waals surface area contributed by atoms with Crippen LogP contribution in [-0.2, 0) is 9.59 Å². The molecule has 0 spiro atoms. The maximum Gasteiger partial charge on any atom is 0.249 e. The molecule has 0 atom stereocenters. The van der Waals surface area contributed by atoms with Crippen molar-refractivity contribution >= 4 is 35.3 Å².